The Balaban J connectivity index is -0.00000840. The van der Waals surface area contributed by atoms with Crippen molar-refractivity contribution in [2.75, 3.05) is 0 Å². The monoisotopic (exact) mass is 619 g/mol. The molecule has 0 aromatic carbocycles. The summed E-state index contributed by atoms with van der Waals surface area (Å²) >= 11 is 0. The van der Waals surface area contributed by atoms with Crippen LogP contribution in [-0.4, -0.2) is 23.3 Å². The summed E-state index contributed by atoms with van der Waals surface area (Å²) in [6, 6.07) is 0. The molecule has 0 radical (unpaired) electrons. The van der Waals surface area contributed by atoms with Crippen LogP contribution < -0.4 is 29.6 Å². The molecule has 0 saturated carbocycles. The zero-order chi connectivity index (χ0) is 30.8. The average molecular weight is 619 g/mol. The molecular formula is C39H79NaO3. The second-order valence-electron chi connectivity index (χ2n) is 13.6. The zero-order valence-electron chi connectivity index (χ0n) is 31.3. The van der Waals surface area contributed by atoms with Crippen LogP contribution in [0.25, 0.3) is 0 Å². The molecule has 0 rings (SSSR count). The molecule has 43 heavy (non-hydrogen) atoms. The summed E-state index contributed by atoms with van der Waals surface area (Å²) in [5.41, 5.74) is 0. The van der Waals surface area contributed by atoms with E-state index in [2.05, 4.69) is 13.8 Å². The van der Waals surface area contributed by atoms with Crippen molar-refractivity contribution in [1.29, 1.82) is 0 Å². The van der Waals surface area contributed by atoms with Crippen LogP contribution in [0, 0.1) is 0 Å². The fraction of sp³-hybridized carbons (Fsp3) is 0.974. The molecule has 1 N–H and O–H groups in total. The van der Waals surface area contributed by atoms with Gasteiger partial charge in [-0.1, -0.05) is 200 Å². The molecule has 2 atom stereocenters. The molecule has 0 aromatic rings. The van der Waals surface area contributed by atoms with Crippen LogP contribution in [0.15, 0.2) is 0 Å². The normalized spacial score (nSPS) is 12.7. The van der Waals surface area contributed by atoms with E-state index in [-0.39, 0.29) is 37.1 Å². The first-order valence-corrected chi connectivity index (χ1v) is 19.5. The van der Waals surface area contributed by atoms with E-state index in [1.54, 1.807) is 0 Å². The molecular weight excluding hydrogens is 539 g/mol. The van der Waals surface area contributed by atoms with E-state index in [9.17, 15) is 9.90 Å². The Morgan fingerprint density at radius 1 is 0.465 bits per heavy atom. The summed E-state index contributed by atoms with van der Waals surface area (Å²) in [6.07, 6.45) is 43.4. The number of hydrogen-bond donors (Lipinski definition) is 1. The minimum Gasteiger partial charge on any atom is -1.00 e. The van der Waals surface area contributed by atoms with Gasteiger partial charge in [-0.25, -0.2) is 4.79 Å². The van der Waals surface area contributed by atoms with E-state index in [4.69, 9.17) is 4.74 Å². The summed E-state index contributed by atoms with van der Waals surface area (Å²) < 4.78 is 5.67. The molecule has 0 aromatic heterocycles. The summed E-state index contributed by atoms with van der Waals surface area (Å²) in [7, 11) is 0. The molecule has 0 aliphatic rings. The van der Waals surface area contributed by atoms with E-state index in [1.165, 1.54) is 193 Å². The number of unbranched alkanes of at least 4 members (excludes halogenated alkanes) is 29. The standard InChI is InChI=1S/C39H78O3.Na.H/c1-4-6-8-10-12-14-16-18-20-22-24-26-28-30-32-34-36-38(42-39(41)37(3)40)35-33-31-29-27-25-23-21-19-17-15-13-11-9-7-5-2;;/h37-38,40H,4-36H2,1-3H3;;/q;+1;-1. The van der Waals surface area contributed by atoms with Gasteiger partial charge >= 0.3 is 35.5 Å². The number of aliphatic hydroxyl groups is 1. The number of carbonyl (C=O) groups excluding carboxylic acids is 1. The number of hydrogen-bond acceptors (Lipinski definition) is 3. The van der Waals surface area contributed by atoms with Gasteiger partial charge in [0.25, 0.3) is 0 Å². The van der Waals surface area contributed by atoms with Gasteiger partial charge in [0.15, 0.2) is 0 Å². The summed E-state index contributed by atoms with van der Waals surface area (Å²) in [5.74, 6) is -0.447. The molecule has 0 aliphatic carbocycles. The van der Waals surface area contributed by atoms with Crippen molar-refractivity contribution in [2.45, 2.75) is 245 Å². The third-order valence-electron chi connectivity index (χ3n) is 9.13. The zero-order valence-corrected chi connectivity index (χ0v) is 32.3. The van der Waals surface area contributed by atoms with E-state index < -0.39 is 12.1 Å². The van der Waals surface area contributed by atoms with Gasteiger partial charge in [-0.05, 0) is 32.6 Å². The number of carbonyl (C=O) groups is 1. The van der Waals surface area contributed by atoms with Gasteiger partial charge in [0.2, 0.25) is 0 Å². The molecule has 0 saturated heterocycles. The third kappa shape index (κ3) is 36.8. The molecule has 2 unspecified atom stereocenters. The molecule has 0 amide bonds. The van der Waals surface area contributed by atoms with Crippen LogP contribution in [0.3, 0.4) is 0 Å². The van der Waals surface area contributed by atoms with Crippen LogP contribution in [0.1, 0.15) is 234 Å². The first-order chi connectivity index (χ1) is 20.6. The Morgan fingerprint density at radius 2 is 0.674 bits per heavy atom. The van der Waals surface area contributed by atoms with Crippen molar-refractivity contribution >= 4 is 5.97 Å². The Bertz CT molecular complexity index is 531. The van der Waals surface area contributed by atoms with Crippen molar-refractivity contribution < 1.29 is 45.6 Å². The molecule has 3 nitrogen and oxygen atoms in total. The second kappa shape index (κ2) is 38.6. The number of rotatable bonds is 35. The maximum absolute atomic E-state index is 12.0. The van der Waals surface area contributed by atoms with Crippen LogP contribution >= 0.6 is 0 Å². The summed E-state index contributed by atoms with van der Waals surface area (Å²) in [4.78, 5) is 12.0. The fourth-order valence-corrected chi connectivity index (χ4v) is 6.19. The summed E-state index contributed by atoms with van der Waals surface area (Å²) in [6.45, 7) is 6.09. The Hall–Kier alpha value is 0.430. The SMILES string of the molecule is CCCCCCCCCCCCCCCCCCC(CCCCCCCCCCCCCCCCC)OC(=O)C(C)O.[H-].[Na+]. The first-order valence-electron chi connectivity index (χ1n) is 19.5. The molecule has 0 fully saturated rings. The van der Waals surface area contributed by atoms with Crippen molar-refractivity contribution in [3.8, 4) is 0 Å². The number of ether oxygens (including phenoxy) is 1. The Kier molecular flexibility index (Phi) is 40.9. The minimum atomic E-state index is -1.01. The van der Waals surface area contributed by atoms with Crippen molar-refractivity contribution in [1.82, 2.24) is 0 Å². The van der Waals surface area contributed by atoms with Gasteiger partial charge in [-0.3, -0.25) is 0 Å². The van der Waals surface area contributed by atoms with Gasteiger partial charge in [0.1, 0.15) is 12.2 Å². The van der Waals surface area contributed by atoms with Crippen LogP contribution in [-0.2, 0) is 9.53 Å². The van der Waals surface area contributed by atoms with E-state index in [0.717, 1.165) is 25.7 Å². The van der Waals surface area contributed by atoms with Crippen LogP contribution in [0.4, 0.5) is 0 Å². The molecule has 0 spiro atoms. The van der Waals surface area contributed by atoms with Gasteiger partial charge in [-0.15, -0.1) is 0 Å². The predicted molar refractivity (Wildman–Crippen MR) is 186 cm³/mol. The second-order valence-corrected chi connectivity index (χ2v) is 13.6. The largest absolute Gasteiger partial charge is 1.00 e. The quantitative estimate of drug-likeness (QED) is 0.0437. The van der Waals surface area contributed by atoms with Crippen LogP contribution in [0.2, 0.25) is 0 Å². The number of aliphatic hydroxyl groups excluding tert-OH is 1. The van der Waals surface area contributed by atoms with Crippen LogP contribution in [0.5, 0.6) is 0 Å². The van der Waals surface area contributed by atoms with E-state index in [0.29, 0.717) is 0 Å². The summed E-state index contributed by atoms with van der Waals surface area (Å²) in [5, 5.41) is 9.61. The Morgan fingerprint density at radius 3 is 0.884 bits per heavy atom. The molecule has 254 valence electrons. The van der Waals surface area contributed by atoms with Crippen molar-refractivity contribution in [3.63, 3.8) is 0 Å². The number of esters is 1. The first kappa shape index (κ1) is 45.6. The average Bonchev–Trinajstić information content (AvgIpc) is 2.98. The van der Waals surface area contributed by atoms with Crippen molar-refractivity contribution in [3.05, 3.63) is 0 Å². The Labute approximate surface area is 295 Å². The van der Waals surface area contributed by atoms with Gasteiger partial charge in [-0.2, -0.15) is 0 Å². The predicted octanol–water partition coefficient (Wildman–Crippen LogP) is 10.3. The van der Waals surface area contributed by atoms with E-state index in [1.807, 2.05) is 0 Å². The molecule has 4 heteroatoms. The molecule has 0 bridgehead atoms. The van der Waals surface area contributed by atoms with Gasteiger partial charge in [0.05, 0.1) is 0 Å². The molecule has 0 heterocycles. The smallest absolute Gasteiger partial charge is 1.00 e. The maximum Gasteiger partial charge on any atom is 1.00 e. The maximum atomic E-state index is 12.0. The molecule has 0 aliphatic heterocycles. The van der Waals surface area contributed by atoms with Gasteiger partial charge in [0, 0.05) is 0 Å². The minimum absolute atomic E-state index is 0. The topological polar surface area (TPSA) is 46.5 Å². The fourth-order valence-electron chi connectivity index (χ4n) is 6.19. The van der Waals surface area contributed by atoms with Crippen molar-refractivity contribution in [2.24, 2.45) is 0 Å². The van der Waals surface area contributed by atoms with Gasteiger partial charge < -0.3 is 11.3 Å². The van der Waals surface area contributed by atoms with E-state index >= 15 is 0 Å². The third-order valence-corrected chi connectivity index (χ3v) is 9.13.